The largest absolute Gasteiger partial charge is 0.398 e. The van der Waals surface area contributed by atoms with E-state index < -0.39 is 10.0 Å². The molecule has 21 heavy (non-hydrogen) atoms. The lowest BCUT2D eigenvalue weighted by Crippen LogP contribution is -2.32. The summed E-state index contributed by atoms with van der Waals surface area (Å²) < 4.78 is 27.9. The van der Waals surface area contributed by atoms with Gasteiger partial charge >= 0.3 is 0 Å². The lowest BCUT2D eigenvalue weighted by molar-refractivity contribution is 0.342. The zero-order valence-corrected chi connectivity index (χ0v) is 13.8. The molecule has 1 saturated heterocycles. The lowest BCUT2D eigenvalue weighted by Gasteiger charge is -2.16. The fraction of sp³-hybridized carbons (Fsp3) is 0.600. The van der Waals surface area contributed by atoms with Gasteiger partial charge in [0.15, 0.2) is 0 Å². The second-order valence-corrected chi connectivity index (χ2v) is 7.53. The van der Waals surface area contributed by atoms with Crippen molar-refractivity contribution in [1.82, 2.24) is 9.62 Å². The Bertz CT molecular complexity index is 614. The molecule has 1 aliphatic heterocycles. The number of benzene rings is 1. The summed E-state index contributed by atoms with van der Waals surface area (Å²) >= 11 is 0. The van der Waals surface area contributed by atoms with E-state index in [9.17, 15) is 8.42 Å². The molecule has 1 fully saturated rings. The van der Waals surface area contributed by atoms with Crippen LogP contribution in [-0.2, 0) is 10.0 Å². The minimum atomic E-state index is -3.50. The molecule has 0 saturated carbocycles. The number of sulfonamides is 1. The van der Waals surface area contributed by atoms with Gasteiger partial charge in [0.05, 0.1) is 4.90 Å². The molecule has 1 aromatic rings. The Hall–Kier alpha value is -1.11. The highest BCUT2D eigenvalue weighted by Crippen LogP contribution is 2.25. The first-order chi connectivity index (χ1) is 9.85. The number of nitrogens with zero attached hydrogens (tertiary/aromatic N) is 1. The molecule has 2 rings (SSSR count). The third kappa shape index (κ3) is 3.56. The SMILES string of the molecule is CCN1CCC(CNS(=O)(=O)c2c(C)ccc(N)c2C)C1. The molecule has 0 spiro atoms. The maximum absolute atomic E-state index is 12.6. The van der Waals surface area contributed by atoms with Crippen molar-refractivity contribution in [3.63, 3.8) is 0 Å². The molecule has 1 aliphatic rings. The highest BCUT2D eigenvalue weighted by atomic mass is 32.2. The Balaban J connectivity index is 2.11. The van der Waals surface area contributed by atoms with Gasteiger partial charge in [-0.3, -0.25) is 0 Å². The van der Waals surface area contributed by atoms with Gasteiger partial charge in [-0.1, -0.05) is 13.0 Å². The van der Waals surface area contributed by atoms with Gasteiger partial charge in [0.2, 0.25) is 10.0 Å². The zero-order chi connectivity index (χ0) is 15.6. The van der Waals surface area contributed by atoms with Gasteiger partial charge in [-0.2, -0.15) is 0 Å². The van der Waals surface area contributed by atoms with Gasteiger partial charge in [-0.05, 0) is 56.5 Å². The highest BCUT2D eigenvalue weighted by Gasteiger charge is 2.25. The molecule has 0 radical (unpaired) electrons. The van der Waals surface area contributed by atoms with Crippen LogP contribution in [0.15, 0.2) is 17.0 Å². The van der Waals surface area contributed by atoms with Crippen LogP contribution in [0.4, 0.5) is 5.69 Å². The second kappa shape index (κ2) is 6.34. The minimum absolute atomic E-state index is 0.327. The predicted octanol–water partition coefficient (Wildman–Crippen LogP) is 1.51. The Kier molecular flexibility index (Phi) is 4.91. The van der Waals surface area contributed by atoms with Crippen LogP contribution in [0.25, 0.3) is 0 Å². The quantitative estimate of drug-likeness (QED) is 0.808. The van der Waals surface area contributed by atoms with Crippen LogP contribution in [-0.4, -0.2) is 39.5 Å². The van der Waals surface area contributed by atoms with Crippen LogP contribution in [0.1, 0.15) is 24.5 Å². The number of aryl methyl sites for hydroxylation is 1. The van der Waals surface area contributed by atoms with Crippen molar-refractivity contribution in [3.8, 4) is 0 Å². The number of rotatable bonds is 5. The molecule has 0 aromatic heterocycles. The maximum Gasteiger partial charge on any atom is 0.241 e. The Morgan fingerprint density at radius 3 is 2.71 bits per heavy atom. The molecule has 1 aromatic carbocycles. The molecular formula is C15H25N3O2S. The topological polar surface area (TPSA) is 75.4 Å². The fourth-order valence-electron chi connectivity index (χ4n) is 2.92. The molecule has 5 nitrogen and oxygen atoms in total. The van der Waals surface area contributed by atoms with E-state index in [0.29, 0.717) is 28.6 Å². The fourth-order valence-corrected chi connectivity index (χ4v) is 4.53. The molecule has 3 N–H and O–H groups in total. The summed E-state index contributed by atoms with van der Waals surface area (Å²) in [5.41, 5.74) is 7.72. The van der Waals surface area contributed by atoms with Crippen molar-refractivity contribution >= 4 is 15.7 Å². The molecule has 1 unspecified atom stereocenters. The summed E-state index contributed by atoms with van der Waals surface area (Å²) in [5, 5.41) is 0. The summed E-state index contributed by atoms with van der Waals surface area (Å²) in [7, 11) is -3.50. The molecule has 0 aliphatic carbocycles. The van der Waals surface area contributed by atoms with E-state index >= 15 is 0 Å². The van der Waals surface area contributed by atoms with E-state index in [1.807, 2.05) is 0 Å². The van der Waals surface area contributed by atoms with Gasteiger partial charge < -0.3 is 10.6 Å². The smallest absolute Gasteiger partial charge is 0.241 e. The summed E-state index contributed by atoms with van der Waals surface area (Å²) in [6, 6.07) is 3.51. The first-order valence-electron chi connectivity index (χ1n) is 7.43. The number of hydrogen-bond acceptors (Lipinski definition) is 4. The number of nitrogens with two attached hydrogens (primary N) is 1. The van der Waals surface area contributed by atoms with Crippen molar-refractivity contribution in [2.24, 2.45) is 5.92 Å². The monoisotopic (exact) mass is 311 g/mol. The average Bonchev–Trinajstić information content (AvgIpc) is 2.89. The molecule has 118 valence electrons. The van der Waals surface area contributed by atoms with Crippen molar-refractivity contribution in [3.05, 3.63) is 23.3 Å². The van der Waals surface area contributed by atoms with Crippen LogP contribution in [0.3, 0.4) is 0 Å². The first kappa shape index (κ1) is 16.3. The maximum atomic E-state index is 12.6. The van der Waals surface area contributed by atoms with Crippen LogP contribution in [0.5, 0.6) is 0 Å². The summed E-state index contributed by atoms with van der Waals surface area (Å²) in [5.74, 6) is 0.390. The molecular weight excluding hydrogens is 286 g/mol. The van der Waals surface area contributed by atoms with Gasteiger partial charge in [-0.25, -0.2) is 13.1 Å². The summed E-state index contributed by atoms with van der Waals surface area (Å²) in [6.45, 7) is 9.23. The second-order valence-electron chi connectivity index (χ2n) is 5.83. The number of likely N-dealkylation sites (tertiary alicyclic amines) is 1. The van der Waals surface area contributed by atoms with Gasteiger partial charge in [-0.15, -0.1) is 0 Å². The van der Waals surface area contributed by atoms with E-state index in [0.717, 1.165) is 31.6 Å². The number of anilines is 1. The minimum Gasteiger partial charge on any atom is -0.398 e. The lowest BCUT2D eigenvalue weighted by atomic mass is 10.1. The van der Waals surface area contributed by atoms with Crippen LogP contribution in [0.2, 0.25) is 0 Å². The van der Waals surface area contributed by atoms with Gasteiger partial charge in [0.1, 0.15) is 0 Å². The van der Waals surface area contributed by atoms with E-state index in [1.165, 1.54) is 0 Å². The number of hydrogen-bond donors (Lipinski definition) is 2. The van der Waals surface area contributed by atoms with Crippen molar-refractivity contribution in [1.29, 1.82) is 0 Å². The standard InChI is InChI=1S/C15H25N3O2S/c1-4-18-8-7-13(10-18)9-17-21(19,20)15-11(2)5-6-14(16)12(15)3/h5-6,13,17H,4,7-10,16H2,1-3H3. The Morgan fingerprint density at radius 2 is 2.10 bits per heavy atom. The van der Waals surface area contributed by atoms with Crippen molar-refractivity contribution < 1.29 is 8.42 Å². The number of nitrogens with one attached hydrogen (secondary N) is 1. The summed E-state index contributed by atoms with van der Waals surface area (Å²) in [6.07, 6.45) is 1.05. The van der Waals surface area contributed by atoms with Gasteiger partial charge in [0.25, 0.3) is 0 Å². The zero-order valence-electron chi connectivity index (χ0n) is 13.0. The predicted molar refractivity (Wildman–Crippen MR) is 85.7 cm³/mol. The van der Waals surface area contributed by atoms with Crippen molar-refractivity contribution in [2.45, 2.75) is 32.1 Å². The van der Waals surface area contributed by atoms with Crippen LogP contribution >= 0.6 is 0 Å². The van der Waals surface area contributed by atoms with Crippen LogP contribution < -0.4 is 10.5 Å². The van der Waals surface area contributed by atoms with E-state index in [4.69, 9.17) is 5.73 Å². The van der Waals surface area contributed by atoms with Crippen LogP contribution in [0, 0.1) is 19.8 Å². The first-order valence-corrected chi connectivity index (χ1v) is 8.91. The highest BCUT2D eigenvalue weighted by molar-refractivity contribution is 7.89. The average molecular weight is 311 g/mol. The third-order valence-electron chi connectivity index (χ3n) is 4.29. The van der Waals surface area contributed by atoms with E-state index in [-0.39, 0.29) is 0 Å². The van der Waals surface area contributed by atoms with Crippen molar-refractivity contribution in [2.75, 3.05) is 31.9 Å². The summed E-state index contributed by atoms with van der Waals surface area (Å²) in [4.78, 5) is 2.67. The molecule has 1 atom stereocenters. The Morgan fingerprint density at radius 1 is 1.38 bits per heavy atom. The third-order valence-corrected chi connectivity index (χ3v) is 6.00. The van der Waals surface area contributed by atoms with Gasteiger partial charge in [0, 0.05) is 18.8 Å². The normalized spacial score (nSPS) is 20.0. The molecule has 0 amide bonds. The Labute approximate surface area is 127 Å². The molecule has 1 heterocycles. The molecule has 6 heteroatoms. The number of nitrogen functional groups attached to an aromatic ring is 1. The molecule has 0 bridgehead atoms. The van der Waals surface area contributed by atoms with E-state index in [2.05, 4.69) is 16.5 Å². The van der Waals surface area contributed by atoms with E-state index in [1.54, 1.807) is 26.0 Å².